The summed E-state index contributed by atoms with van der Waals surface area (Å²) in [5, 5.41) is 13.6. The van der Waals surface area contributed by atoms with Gasteiger partial charge >= 0.3 is 0 Å². The molecule has 0 amide bonds. The maximum atomic E-state index is 10.6. The lowest BCUT2D eigenvalue weighted by Gasteiger charge is -2.19. The fourth-order valence-electron chi connectivity index (χ4n) is 6.23. The van der Waals surface area contributed by atoms with Crippen LogP contribution in [0.4, 0.5) is 11.4 Å². The number of phenols is 1. The van der Waals surface area contributed by atoms with Crippen LogP contribution in [0.3, 0.4) is 0 Å². The first-order valence-corrected chi connectivity index (χ1v) is 16.9. The van der Waals surface area contributed by atoms with Gasteiger partial charge in [0.15, 0.2) is 5.69 Å². The Morgan fingerprint density at radius 3 is 2.35 bits per heavy atom. The van der Waals surface area contributed by atoms with Crippen molar-refractivity contribution in [3.63, 3.8) is 0 Å². The standard InChI is InChI=1S/C43H31N3O2S/c1-43(2,3)29-18-21-37(47)28(22-29)25-45-36-14-7-5-11-34(36)42-46-40-35(23-27(24-39(40)49-42)26-16-19-30(44-4)20-17-26)33-13-9-12-32-31-10-6-8-15-38(31)48-41(32)33/h5-25,47H,1-3H3. The van der Waals surface area contributed by atoms with Crippen molar-refractivity contribution < 1.29 is 9.52 Å². The second kappa shape index (κ2) is 11.9. The number of hydrogen-bond acceptors (Lipinski definition) is 5. The lowest BCUT2D eigenvalue weighted by molar-refractivity contribution is 0.473. The Bertz CT molecular complexity index is 2610. The molecule has 1 N–H and O–H groups in total. The maximum Gasteiger partial charge on any atom is 0.187 e. The summed E-state index contributed by atoms with van der Waals surface area (Å²) >= 11 is 1.62. The molecule has 0 saturated carbocycles. The van der Waals surface area contributed by atoms with Gasteiger partial charge in [-0.15, -0.1) is 11.3 Å². The van der Waals surface area contributed by atoms with Gasteiger partial charge < -0.3 is 9.52 Å². The van der Waals surface area contributed by atoms with E-state index in [1.54, 1.807) is 23.6 Å². The quantitative estimate of drug-likeness (QED) is 0.148. The number of benzene rings is 6. The van der Waals surface area contributed by atoms with Crippen molar-refractivity contribution in [2.75, 3.05) is 0 Å². The summed E-state index contributed by atoms with van der Waals surface area (Å²) in [7, 11) is 0. The van der Waals surface area contributed by atoms with Gasteiger partial charge in [0.2, 0.25) is 0 Å². The number of aliphatic imine (C=N–C) groups is 1. The highest BCUT2D eigenvalue weighted by molar-refractivity contribution is 7.21. The Morgan fingerprint density at radius 1 is 0.776 bits per heavy atom. The Kier molecular flexibility index (Phi) is 7.36. The molecular formula is C43H31N3O2S. The van der Waals surface area contributed by atoms with Crippen LogP contribution in [0.25, 0.3) is 69.8 Å². The summed E-state index contributed by atoms with van der Waals surface area (Å²) in [5.74, 6) is 0.190. The maximum absolute atomic E-state index is 10.6. The van der Waals surface area contributed by atoms with Gasteiger partial charge in [0.1, 0.15) is 21.9 Å². The van der Waals surface area contributed by atoms with E-state index in [4.69, 9.17) is 21.0 Å². The molecule has 8 aromatic rings. The van der Waals surface area contributed by atoms with Gasteiger partial charge in [0.25, 0.3) is 0 Å². The van der Waals surface area contributed by atoms with Crippen LogP contribution >= 0.6 is 11.3 Å². The molecule has 6 aromatic carbocycles. The predicted molar refractivity (Wildman–Crippen MR) is 204 cm³/mol. The van der Waals surface area contributed by atoms with Crippen molar-refractivity contribution >= 4 is 61.1 Å². The van der Waals surface area contributed by atoms with E-state index < -0.39 is 0 Å². The van der Waals surface area contributed by atoms with Gasteiger partial charge in [-0.2, -0.15) is 0 Å². The van der Waals surface area contributed by atoms with E-state index in [0.29, 0.717) is 11.3 Å². The Hall–Kier alpha value is -6.03. The third-order valence-electron chi connectivity index (χ3n) is 8.89. The van der Waals surface area contributed by atoms with Gasteiger partial charge in [-0.1, -0.05) is 99.6 Å². The van der Waals surface area contributed by atoms with E-state index in [1.165, 1.54) is 0 Å². The number of aromatic nitrogens is 1. The fraction of sp³-hybridized carbons (Fsp3) is 0.0930. The largest absolute Gasteiger partial charge is 0.507 e. The zero-order valence-electron chi connectivity index (χ0n) is 27.2. The molecule has 49 heavy (non-hydrogen) atoms. The normalized spacial score (nSPS) is 12.0. The van der Waals surface area contributed by atoms with Crippen LogP contribution in [0.2, 0.25) is 0 Å². The average molecular weight is 654 g/mol. The van der Waals surface area contributed by atoms with Crippen molar-refractivity contribution in [3.8, 4) is 38.6 Å². The van der Waals surface area contributed by atoms with E-state index in [1.807, 2.05) is 78.9 Å². The number of hydrogen-bond donors (Lipinski definition) is 1. The lowest BCUT2D eigenvalue weighted by atomic mass is 9.86. The van der Waals surface area contributed by atoms with Gasteiger partial charge in [0.05, 0.1) is 22.5 Å². The van der Waals surface area contributed by atoms with Crippen LogP contribution in [0.1, 0.15) is 31.9 Å². The molecule has 0 aliphatic rings. The number of rotatable bonds is 5. The number of nitrogens with zero attached hydrogens (tertiary/aromatic N) is 3. The molecule has 236 valence electrons. The molecule has 6 heteroatoms. The van der Waals surface area contributed by atoms with E-state index in [2.05, 4.69) is 62.0 Å². The average Bonchev–Trinajstić information content (AvgIpc) is 3.72. The third kappa shape index (κ3) is 5.54. The number of thiazole rings is 1. The van der Waals surface area contributed by atoms with Gasteiger partial charge in [-0.05, 0) is 64.6 Å². The van der Waals surface area contributed by atoms with E-state index in [0.717, 1.165) is 76.2 Å². The number of furan rings is 1. The second-order valence-corrected chi connectivity index (χ2v) is 14.2. The first kappa shape index (κ1) is 30.3. The molecule has 0 atom stereocenters. The molecule has 0 aliphatic carbocycles. The number of phenolic OH excluding ortho intramolecular Hbond substituents is 1. The number of para-hydroxylation sites is 3. The minimum Gasteiger partial charge on any atom is -0.507 e. The molecule has 0 unspecified atom stereocenters. The summed E-state index contributed by atoms with van der Waals surface area (Å²) < 4.78 is 7.52. The molecule has 5 nitrogen and oxygen atoms in total. The van der Waals surface area contributed by atoms with Gasteiger partial charge in [-0.3, -0.25) is 4.99 Å². The molecule has 0 bridgehead atoms. The molecular weight excluding hydrogens is 623 g/mol. The minimum atomic E-state index is -0.0581. The zero-order valence-corrected chi connectivity index (χ0v) is 28.0. The van der Waals surface area contributed by atoms with Gasteiger partial charge in [-0.25, -0.2) is 9.83 Å². The van der Waals surface area contributed by atoms with Crippen LogP contribution < -0.4 is 0 Å². The van der Waals surface area contributed by atoms with E-state index in [-0.39, 0.29) is 11.2 Å². The Balaban J connectivity index is 1.31. The Labute approximate surface area is 288 Å². The topological polar surface area (TPSA) is 63.0 Å². The third-order valence-corrected chi connectivity index (χ3v) is 9.93. The lowest BCUT2D eigenvalue weighted by Crippen LogP contribution is -2.11. The van der Waals surface area contributed by atoms with Crippen LogP contribution in [-0.2, 0) is 5.41 Å². The monoisotopic (exact) mass is 653 g/mol. The first-order chi connectivity index (χ1) is 23.8. The number of aromatic hydroxyl groups is 1. The molecule has 2 aromatic heterocycles. The summed E-state index contributed by atoms with van der Waals surface area (Å²) in [6.45, 7) is 13.9. The van der Waals surface area contributed by atoms with Crippen molar-refractivity contribution in [3.05, 3.63) is 144 Å². The summed E-state index contributed by atoms with van der Waals surface area (Å²) in [6.07, 6.45) is 1.73. The molecule has 0 saturated heterocycles. The summed E-state index contributed by atoms with van der Waals surface area (Å²) in [6, 6.07) is 40.1. The molecule has 8 rings (SSSR count). The van der Waals surface area contributed by atoms with Crippen molar-refractivity contribution in [1.29, 1.82) is 0 Å². The molecule has 0 spiro atoms. The highest BCUT2D eigenvalue weighted by Gasteiger charge is 2.20. The molecule has 0 aliphatic heterocycles. The SMILES string of the molecule is [C-]#[N+]c1ccc(-c2cc(-c3cccc4c3oc3ccccc34)c3nc(-c4ccccc4N=Cc4cc(C(C)(C)C)ccc4O)sc3c2)cc1. The highest BCUT2D eigenvalue weighted by Crippen LogP contribution is 2.44. The Morgan fingerprint density at radius 2 is 1.53 bits per heavy atom. The first-order valence-electron chi connectivity index (χ1n) is 16.1. The van der Waals surface area contributed by atoms with Crippen molar-refractivity contribution in [1.82, 2.24) is 4.98 Å². The smallest absolute Gasteiger partial charge is 0.187 e. The predicted octanol–water partition coefficient (Wildman–Crippen LogP) is 12.5. The summed E-state index contributed by atoms with van der Waals surface area (Å²) in [4.78, 5) is 13.7. The highest BCUT2D eigenvalue weighted by atomic mass is 32.1. The van der Waals surface area contributed by atoms with E-state index >= 15 is 0 Å². The molecule has 0 fully saturated rings. The van der Waals surface area contributed by atoms with Crippen LogP contribution in [0.5, 0.6) is 5.75 Å². The van der Waals surface area contributed by atoms with Gasteiger partial charge in [0, 0.05) is 39.2 Å². The van der Waals surface area contributed by atoms with Crippen molar-refractivity contribution in [2.45, 2.75) is 26.2 Å². The zero-order chi connectivity index (χ0) is 33.7. The number of fused-ring (bicyclic) bond motifs is 4. The fourth-order valence-corrected chi connectivity index (χ4v) is 7.30. The van der Waals surface area contributed by atoms with Crippen molar-refractivity contribution in [2.24, 2.45) is 4.99 Å². The van der Waals surface area contributed by atoms with Crippen LogP contribution in [0.15, 0.2) is 131 Å². The van der Waals surface area contributed by atoms with E-state index in [9.17, 15) is 5.11 Å². The molecule has 2 heterocycles. The van der Waals surface area contributed by atoms with Crippen LogP contribution in [-0.4, -0.2) is 16.3 Å². The second-order valence-electron chi connectivity index (χ2n) is 13.1. The van der Waals surface area contributed by atoms with Crippen LogP contribution in [0, 0.1) is 6.57 Å². The summed E-state index contributed by atoms with van der Waals surface area (Å²) in [5.41, 5.74) is 10.5. The minimum absolute atomic E-state index is 0.0581. The molecule has 0 radical (unpaired) electrons.